The van der Waals surface area contributed by atoms with Crippen LogP contribution in [0.5, 0.6) is 0 Å². The monoisotopic (exact) mass is 255 g/mol. The number of Topliss-reactive ketones (excluding diaryl/α,β-unsaturated/α-hetero) is 1. The third-order valence-electron chi connectivity index (χ3n) is 2.56. The van der Waals surface area contributed by atoms with E-state index in [1.54, 1.807) is 18.2 Å². The van der Waals surface area contributed by atoms with Crippen molar-refractivity contribution in [1.82, 2.24) is 0 Å². The number of carbonyl (C=O) groups excluding carboxylic acids is 1. The van der Waals surface area contributed by atoms with Crippen LogP contribution < -0.4 is 5.32 Å². The third-order valence-corrected chi connectivity index (χ3v) is 2.89. The van der Waals surface area contributed by atoms with Gasteiger partial charge in [-0.05, 0) is 25.1 Å². The van der Waals surface area contributed by atoms with Gasteiger partial charge >= 0.3 is 0 Å². The van der Waals surface area contributed by atoms with Crippen LogP contribution in [-0.2, 0) is 0 Å². The first kappa shape index (κ1) is 14.0. The van der Waals surface area contributed by atoms with Crippen molar-refractivity contribution in [1.29, 1.82) is 0 Å². The summed E-state index contributed by atoms with van der Waals surface area (Å²) in [6.45, 7) is 6.09. The van der Waals surface area contributed by atoms with Crippen LogP contribution in [0.3, 0.4) is 0 Å². The van der Waals surface area contributed by atoms with Crippen molar-refractivity contribution in [3.63, 3.8) is 0 Å². The molecule has 2 N–H and O–H groups in total. The molecule has 0 spiro atoms. The molecule has 0 radical (unpaired) electrons. The molecule has 0 saturated carbocycles. The molecule has 0 atom stereocenters. The predicted octanol–water partition coefficient (Wildman–Crippen LogP) is 2.97. The van der Waals surface area contributed by atoms with Crippen LogP contribution in [0.4, 0.5) is 5.69 Å². The van der Waals surface area contributed by atoms with Crippen molar-refractivity contribution in [2.75, 3.05) is 18.5 Å². The lowest BCUT2D eigenvalue weighted by Gasteiger charge is -2.23. The summed E-state index contributed by atoms with van der Waals surface area (Å²) in [7, 11) is 0. The van der Waals surface area contributed by atoms with E-state index in [1.807, 2.05) is 13.8 Å². The minimum absolute atomic E-state index is 0.00568. The zero-order valence-corrected chi connectivity index (χ0v) is 11.1. The molecular weight excluding hydrogens is 238 g/mol. The molecule has 0 aliphatic rings. The molecule has 0 amide bonds. The summed E-state index contributed by atoms with van der Waals surface area (Å²) in [4.78, 5) is 11.3. The molecule has 3 nitrogen and oxygen atoms in total. The smallest absolute Gasteiger partial charge is 0.159 e. The number of carbonyl (C=O) groups is 1. The number of benzene rings is 1. The topological polar surface area (TPSA) is 49.3 Å². The van der Waals surface area contributed by atoms with Gasteiger partial charge in [-0.2, -0.15) is 0 Å². The van der Waals surface area contributed by atoms with E-state index in [-0.39, 0.29) is 17.8 Å². The quantitative estimate of drug-likeness (QED) is 0.796. The van der Waals surface area contributed by atoms with E-state index in [9.17, 15) is 4.79 Å². The van der Waals surface area contributed by atoms with Gasteiger partial charge in [0.05, 0.1) is 10.7 Å². The minimum atomic E-state index is -0.227. The SMILES string of the molecule is CC(=O)c1ccc(Cl)c(NCC(C)(C)CO)c1. The summed E-state index contributed by atoms with van der Waals surface area (Å²) in [6, 6.07) is 5.14. The number of hydrogen-bond donors (Lipinski definition) is 2. The maximum absolute atomic E-state index is 11.3. The largest absolute Gasteiger partial charge is 0.396 e. The van der Waals surface area contributed by atoms with E-state index in [2.05, 4.69) is 5.32 Å². The Bertz CT molecular complexity index is 416. The Hall–Kier alpha value is -1.06. The van der Waals surface area contributed by atoms with E-state index in [4.69, 9.17) is 16.7 Å². The Labute approximate surface area is 107 Å². The second-order valence-electron chi connectivity index (χ2n) is 4.93. The second-order valence-corrected chi connectivity index (χ2v) is 5.33. The number of ketones is 1. The molecule has 0 bridgehead atoms. The van der Waals surface area contributed by atoms with Crippen LogP contribution in [0.1, 0.15) is 31.1 Å². The van der Waals surface area contributed by atoms with Gasteiger partial charge in [0, 0.05) is 24.1 Å². The lowest BCUT2D eigenvalue weighted by atomic mass is 9.95. The molecule has 94 valence electrons. The lowest BCUT2D eigenvalue weighted by molar-refractivity contribution is 0.101. The van der Waals surface area contributed by atoms with E-state index in [0.29, 0.717) is 17.1 Å². The van der Waals surface area contributed by atoms with Crippen LogP contribution in [0, 0.1) is 5.41 Å². The number of anilines is 1. The van der Waals surface area contributed by atoms with Crippen molar-refractivity contribution in [3.8, 4) is 0 Å². The second kappa shape index (κ2) is 5.52. The van der Waals surface area contributed by atoms with Crippen molar-refractivity contribution >= 4 is 23.1 Å². The molecule has 0 aliphatic carbocycles. The van der Waals surface area contributed by atoms with Crippen molar-refractivity contribution < 1.29 is 9.90 Å². The number of halogens is 1. The molecule has 1 rings (SSSR count). The minimum Gasteiger partial charge on any atom is -0.396 e. The fourth-order valence-electron chi connectivity index (χ4n) is 1.27. The Balaban J connectivity index is 2.83. The van der Waals surface area contributed by atoms with Crippen LogP contribution in [0.2, 0.25) is 5.02 Å². The Morgan fingerprint density at radius 1 is 1.47 bits per heavy atom. The number of rotatable bonds is 5. The Kier molecular flexibility index (Phi) is 4.54. The van der Waals surface area contributed by atoms with Crippen LogP contribution in [0.15, 0.2) is 18.2 Å². The maximum Gasteiger partial charge on any atom is 0.159 e. The number of hydrogen-bond acceptors (Lipinski definition) is 3. The van der Waals surface area contributed by atoms with E-state index in [0.717, 1.165) is 5.69 Å². The van der Waals surface area contributed by atoms with Gasteiger partial charge in [0.15, 0.2) is 5.78 Å². The molecule has 0 fully saturated rings. The van der Waals surface area contributed by atoms with Gasteiger partial charge in [0.25, 0.3) is 0 Å². The molecule has 0 unspecified atom stereocenters. The standard InChI is InChI=1S/C13H18ClNO2/c1-9(17)10-4-5-11(14)12(6-10)15-7-13(2,3)8-16/h4-6,15-16H,7-8H2,1-3H3. The maximum atomic E-state index is 11.3. The van der Waals surface area contributed by atoms with Crippen LogP contribution in [-0.4, -0.2) is 24.0 Å². The summed E-state index contributed by atoms with van der Waals surface area (Å²) in [5.74, 6) is 0.00568. The normalized spacial score (nSPS) is 11.4. The molecule has 0 aliphatic heterocycles. The Morgan fingerprint density at radius 3 is 2.65 bits per heavy atom. The van der Waals surface area contributed by atoms with Crippen LogP contribution >= 0.6 is 11.6 Å². The average Bonchev–Trinajstić information content (AvgIpc) is 2.27. The first-order valence-corrected chi connectivity index (χ1v) is 5.89. The highest BCUT2D eigenvalue weighted by atomic mass is 35.5. The van der Waals surface area contributed by atoms with Gasteiger partial charge in [0.2, 0.25) is 0 Å². The van der Waals surface area contributed by atoms with Crippen molar-refractivity contribution in [2.45, 2.75) is 20.8 Å². The van der Waals surface area contributed by atoms with E-state index in [1.165, 1.54) is 6.92 Å². The summed E-state index contributed by atoms with van der Waals surface area (Å²) < 4.78 is 0. The average molecular weight is 256 g/mol. The zero-order chi connectivity index (χ0) is 13.1. The lowest BCUT2D eigenvalue weighted by Crippen LogP contribution is -2.26. The van der Waals surface area contributed by atoms with Gasteiger partial charge in [0.1, 0.15) is 0 Å². The molecule has 4 heteroatoms. The fourth-order valence-corrected chi connectivity index (χ4v) is 1.45. The predicted molar refractivity (Wildman–Crippen MR) is 70.8 cm³/mol. The number of aliphatic hydroxyl groups is 1. The van der Waals surface area contributed by atoms with Gasteiger partial charge in [-0.15, -0.1) is 0 Å². The summed E-state index contributed by atoms with van der Waals surface area (Å²) in [5.41, 5.74) is 1.12. The van der Waals surface area contributed by atoms with Gasteiger partial charge in [-0.25, -0.2) is 0 Å². The zero-order valence-electron chi connectivity index (χ0n) is 10.4. The molecular formula is C13H18ClNO2. The number of aliphatic hydroxyl groups excluding tert-OH is 1. The van der Waals surface area contributed by atoms with Crippen molar-refractivity contribution in [2.24, 2.45) is 5.41 Å². The van der Waals surface area contributed by atoms with Gasteiger partial charge in [-0.3, -0.25) is 4.79 Å². The van der Waals surface area contributed by atoms with Gasteiger partial charge < -0.3 is 10.4 Å². The highest BCUT2D eigenvalue weighted by molar-refractivity contribution is 6.33. The van der Waals surface area contributed by atoms with E-state index >= 15 is 0 Å². The third kappa shape index (κ3) is 4.02. The first-order chi connectivity index (χ1) is 7.85. The first-order valence-electron chi connectivity index (χ1n) is 5.51. The van der Waals surface area contributed by atoms with Gasteiger partial charge in [-0.1, -0.05) is 25.4 Å². The highest BCUT2D eigenvalue weighted by Gasteiger charge is 2.16. The summed E-state index contributed by atoms with van der Waals surface area (Å²) in [6.07, 6.45) is 0. The molecule has 0 heterocycles. The molecule has 0 aromatic heterocycles. The molecule has 1 aromatic carbocycles. The molecule has 1 aromatic rings. The fraction of sp³-hybridized carbons (Fsp3) is 0.462. The summed E-state index contributed by atoms with van der Waals surface area (Å²) in [5, 5.41) is 12.9. The summed E-state index contributed by atoms with van der Waals surface area (Å²) >= 11 is 6.04. The number of nitrogens with one attached hydrogen (secondary N) is 1. The Morgan fingerprint density at radius 2 is 2.12 bits per heavy atom. The molecule has 0 saturated heterocycles. The molecule has 17 heavy (non-hydrogen) atoms. The highest BCUT2D eigenvalue weighted by Crippen LogP contribution is 2.25. The van der Waals surface area contributed by atoms with Crippen LogP contribution in [0.25, 0.3) is 0 Å². The van der Waals surface area contributed by atoms with Crippen molar-refractivity contribution in [3.05, 3.63) is 28.8 Å². The van der Waals surface area contributed by atoms with E-state index < -0.39 is 0 Å².